The molecule has 2 bridgehead atoms. The summed E-state index contributed by atoms with van der Waals surface area (Å²) in [4.78, 5) is 2.86. The SMILES string of the molecule is [C-]#[N+]c1ccc(N2C[C@H]3[C@H]([C@H]4C=C[C@@H]3O4)S2(=O)=O)cc1C(F)(F)F. The molecule has 0 spiro atoms. The third kappa shape index (κ3) is 1.99. The van der Waals surface area contributed by atoms with E-state index in [9.17, 15) is 21.6 Å². The summed E-state index contributed by atoms with van der Waals surface area (Å²) in [6.07, 6.45) is -2.09. The number of halogens is 3. The largest absolute Gasteiger partial charge is 0.407 e. The Morgan fingerprint density at radius 1 is 1.25 bits per heavy atom. The molecule has 4 atom stereocenters. The van der Waals surface area contributed by atoms with Gasteiger partial charge in [0.2, 0.25) is 10.0 Å². The number of alkyl halides is 3. The lowest BCUT2D eigenvalue weighted by Crippen LogP contribution is -2.35. The lowest BCUT2D eigenvalue weighted by Gasteiger charge is -2.22. The van der Waals surface area contributed by atoms with Crippen LogP contribution in [0, 0.1) is 12.5 Å². The highest BCUT2D eigenvalue weighted by molar-refractivity contribution is 7.93. The first-order valence-electron chi connectivity index (χ1n) is 7.17. The summed E-state index contributed by atoms with van der Waals surface area (Å²) in [5.74, 6) is -0.292. The summed E-state index contributed by atoms with van der Waals surface area (Å²) < 4.78 is 71.4. The van der Waals surface area contributed by atoms with E-state index < -0.39 is 38.8 Å². The summed E-state index contributed by atoms with van der Waals surface area (Å²) in [5, 5.41) is -0.762. The molecular formula is C15H11F3N2O3S. The van der Waals surface area contributed by atoms with Crippen LogP contribution in [0.5, 0.6) is 0 Å². The Kier molecular flexibility index (Phi) is 3.06. The Labute approximate surface area is 136 Å². The van der Waals surface area contributed by atoms with E-state index in [4.69, 9.17) is 11.3 Å². The number of sulfonamides is 1. The number of rotatable bonds is 1. The highest BCUT2D eigenvalue weighted by atomic mass is 32.2. The fourth-order valence-electron chi connectivity index (χ4n) is 3.65. The number of hydrogen-bond acceptors (Lipinski definition) is 3. The molecule has 0 amide bonds. The first kappa shape index (κ1) is 15.5. The van der Waals surface area contributed by atoms with Crippen molar-refractivity contribution in [1.29, 1.82) is 0 Å². The molecule has 3 aliphatic rings. The second kappa shape index (κ2) is 4.74. The van der Waals surface area contributed by atoms with Gasteiger partial charge in [-0.1, -0.05) is 18.2 Å². The van der Waals surface area contributed by atoms with Crippen molar-refractivity contribution in [2.75, 3.05) is 10.8 Å². The first-order valence-corrected chi connectivity index (χ1v) is 8.68. The molecule has 24 heavy (non-hydrogen) atoms. The fourth-order valence-corrected chi connectivity index (χ4v) is 5.91. The summed E-state index contributed by atoms with van der Waals surface area (Å²) in [6.45, 7) is 6.93. The van der Waals surface area contributed by atoms with Gasteiger partial charge < -0.3 is 4.74 Å². The van der Waals surface area contributed by atoms with Crippen molar-refractivity contribution in [3.63, 3.8) is 0 Å². The lowest BCUT2D eigenvalue weighted by molar-refractivity contribution is -0.136. The predicted molar refractivity (Wildman–Crippen MR) is 79.1 cm³/mol. The number of anilines is 1. The zero-order valence-electron chi connectivity index (χ0n) is 12.1. The first-order chi connectivity index (χ1) is 11.2. The fraction of sp³-hybridized carbons (Fsp3) is 0.400. The second-order valence-corrected chi connectivity index (χ2v) is 7.98. The van der Waals surface area contributed by atoms with Crippen LogP contribution in [-0.2, 0) is 20.9 Å². The molecule has 1 aromatic carbocycles. The molecule has 2 fully saturated rings. The summed E-state index contributed by atoms with van der Waals surface area (Å²) >= 11 is 0. The average molecular weight is 356 g/mol. The van der Waals surface area contributed by atoms with E-state index in [1.807, 2.05) is 0 Å². The summed E-state index contributed by atoms with van der Waals surface area (Å²) in [5.41, 5.74) is -1.74. The maximum absolute atomic E-state index is 13.1. The van der Waals surface area contributed by atoms with Gasteiger partial charge in [-0.3, -0.25) is 4.31 Å². The molecule has 2 saturated heterocycles. The van der Waals surface area contributed by atoms with Gasteiger partial charge in [0.1, 0.15) is 5.25 Å². The van der Waals surface area contributed by atoms with Gasteiger partial charge in [0, 0.05) is 18.2 Å². The highest BCUT2D eigenvalue weighted by Gasteiger charge is 2.59. The normalized spacial score (nSPS) is 32.8. The van der Waals surface area contributed by atoms with Crippen molar-refractivity contribution in [1.82, 2.24) is 0 Å². The Morgan fingerprint density at radius 3 is 2.58 bits per heavy atom. The minimum absolute atomic E-state index is 0.0662. The number of hydrogen-bond donors (Lipinski definition) is 0. The summed E-state index contributed by atoms with van der Waals surface area (Å²) in [6, 6.07) is 3.00. The van der Waals surface area contributed by atoms with Crippen molar-refractivity contribution >= 4 is 21.4 Å². The number of benzene rings is 1. The molecule has 0 radical (unpaired) electrons. The van der Waals surface area contributed by atoms with E-state index in [0.717, 1.165) is 16.4 Å². The number of nitrogens with zero attached hydrogens (tertiary/aromatic N) is 2. The van der Waals surface area contributed by atoms with Crippen molar-refractivity contribution < 1.29 is 26.3 Å². The second-order valence-electron chi connectivity index (χ2n) is 5.97. The molecule has 1 aromatic rings. The van der Waals surface area contributed by atoms with Crippen LogP contribution in [0.1, 0.15) is 5.56 Å². The van der Waals surface area contributed by atoms with Crippen LogP contribution in [0.25, 0.3) is 4.85 Å². The molecule has 0 aliphatic carbocycles. The van der Waals surface area contributed by atoms with E-state index in [-0.39, 0.29) is 24.3 Å². The average Bonchev–Trinajstić information content (AvgIpc) is 3.18. The molecule has 9 heteroatoms. The van der Waals surface area contributed by atoms with Crippen molar-refractivity contribution in [3.8, 4) is 0 Å². The van der Waals surface area contributed by atoms with Crippen LogP contribution in [0.3, 0.4) is 0 Å². The molecule has 126 valence electrons. The molecule has 3 aliphatic heterocycles. The van der Waals surface area contributed by atoms with E-state index in [1.165, 1.54) is 6.07 Å². The lowest BCUT2D eigenvalue weighted by atomic mass is 9.94. The molecule has 5 nitrogen and oxygen atoms in total. The number of fused-ring (bicyclic) bond motifs is 5. The van der Waals surface area contributed by atoms with Gasteiger partial charge in [-0.05, 0) is 12.1 Å². The van der Waals surface area contributed by atoms with E-state index in [2.05, 4.69) is 4.85 Å². The third-order valence-electron chi connectivity index (χ3n) is 4.69. The van der Waals surface area contributed by atoms with E-state index in [0.29, 0.717) is 0 Å². The van der Waals surface area contributed by atoms with Crippen LogP contribution < -0.4 is 4.31 Å². The topological polar surface area (TPSA) is 51.0 Å². The predicted octanol–water partition coefficient (Wildman–Crippen LogP) is 2.73. The zero-order chi connectivity index (χ0) is 17.3. The van der Waals surface area contributed by atoms with Gasteiger partial charge in [-0.2, -0.15) is 13.2 Å². The monoisotopic (exact) mass is 356 g/mol. The van der Waals surface area contributed by atoms with Crippen LogP contribution in [0.15, 0.2) is 30.4 Å². The molecule has 0 N–H and O–H groups in total. The Balaban J connectivity index is 1.77. The minimum Gasteiger partial charge on any atom is -0.365 e. The van der Waals surface area contributed by atoms with Crippen LogP contribution in [0.4, 0.5) is 24.5 Å². The van der Waals surface area contributed by atoms with Gasteiger partial charge in [0.25, 0.3) is 0 Å². The van der Waals surface area contributed by atoms with Crippen LogP contribution in [0.2, 0.25) is 0 Å². The number of ether oxygens (including phenoxy) is 1. The van der Waals surface area contributed by atoms with E-state index >= 15 is 0 Å². The van der Waals surface area contributed by atoms with E-state index in [1.54, 1.807) is 12.2 Å². The van der Waals surface area contributed by atoms with Gasteiger partial charge in [0.05, 0.1) is 24.3 Å². The van der Waals surface area contributed by atoms with Crippen molar-refractivity contribution in [3.05, 3.63) is 47.3 Å². The zero-order valence-corrected chi connectivity index (χ0v) is 12.9. The van der Waals surface area contributed by atoms with Gasteiger partial charge in [-0.25, -0.2) is 13.3 Å². The Bertz CT molecular complexity index is 888. The standard InChI is InChI=1S/C15H11F3N2O3S/c1-19-11-3-2-8(6-10(11)15(16,17)18)20-7-9-12-4-5-13(23-12)14(9)24(20,21)22/h2-6,9,12-14H,7H2/t9-,12+,13-,14-/m1/s1. The third-order valence-corrected chi connectivity index (χ3v) is 6.97. The molecule has 0 saturated carbocycles. The Hall–Kier alpha value is -2.05. The van der Waals surface area contributed by atoms with Gasteiger partial charge >= 0.3 is 6.18 Å². The van der Waals surface area contributed by atoms with Crippen LogP contribution in [-0.4, -0.2) is 32.4 Å². The molecule has 0 unspecified atom stereocenters. The van der Waals surface area contributed by atoms with Crippen molar-refractivity contribution in [2.45, 2.75) is 23.6 Å². The van der Waals surface area contributed by atoms with Gasteiger partial charge in [-0.15, -0.1) is 0 Å². The summed E-state index contributed by atoms with van der Waals surface area (Å²) in [7, 11) is -3.82. The maximum Gasteiger partial charge on any atom is 0.407 e. The van der Waals surface area contributed by atoms with Crippen LogP contribution >= 0.6 is 0 Å². The quantitative estimate of drug-likeness (QED) is 0.574. The van der Waals surface area contributed by atoms with Crippen molar-refractivity contribution in [2.24, 2.45) is 5.92 Å². The Morgan fingerprint density at radius 2 is 1.96 bits per heavy atom. The minimum atomic E-state index is -4.72. The smallest absolute Gasteiger partial charge is 0.365 e. The molecular weight excluding hydrogens is 345 g/mol. The molecule has 3 heterocycles. The van der Waals surface area contributed by atoms with Gasteiger partial charge in [0.15, 0.2) is 5.69 Å². The molecule has 0 aromatic heterocycles. The maximum atomic E-state index is 13.1. The highest BCUT2D eigenvalue weighted by Crippen LogP contribution is 2.47. The molecule has 4 rings (SSSR count).